The van der Waals surface area contributed by atoms with Crippen LogP contribution < -0.4 is 15.4 Å². The van der Waals surface area contributed by atoms with Gasteiger partial charge in [0.05, 0.1) is 19.9 Å². The fourth-order valence-electron chi connectivity index (χ4n) is 1.42. The number of hydrogen-bond donors (Lipinski definition) is 2. The summed E-state index contributed by atoms with van der Waals surface area (Å²) in [5, 5.41) is 6.16. The normalized spacial score (nSPS) is 10.2. The quantitative estimate of drug-likeness (QED) is 0.789. The van der Waals surface area contributed by atoms with E-state index in [1.807, 2.05) is 12.1 Å². The first-order valence-electron chi connectivity index (χ1n) is 6.12. The van der Waals surface area contributed by atoms with E-state index in [0.717, 1.165) is 18.7 Å². The number of furan rings is 1. The van der Waals surface area contributed by atoms with Crippen molar-refractivity contribution in [3.8, 4) is 6.01 Å². The van der Waals surface area contributed by atoms with Crippen molar-refractivity contribution in [1.29, 1.82) is 0 Å². The molecular formula is C12H17N5O2. The van der Waals surface area contributed by atoms with Crippen LogP contribution in [0.4, 0.5) is 11.9 Å². The highest BCUT2D eigenvalue weighted by molar-refractivity contribution is 5.36. The molecule has 0 aromatic carbocycles. The number of rotatable bonds is 7. The van der Waals surface area contributed by atoms with Crippen LogP contribution in [0.3, 0.4) is 0 Å². The van der Waals surface area contributed by atoms with E-state index in [9.17, 15) is 0 Å². The van der Waals surface area contributed by atoms with E-state index in [4.69, 9.17) is 9.15 Å². The molecule has 2 rings (SSSR count). The summed E-state index contributed by atoms with van der Waals surface area (Å²) in [6.45, 7) is 3.37. The molecule has 0 aliphatic heterocycles. The molecule has 2 N–H and O–H groups in total. The summed E-state index contributed by atoms with van der Waals surface area (Å²) in [5.74, 6) is 1.75. The Morgan fingerprint density at radius 3 is 2.63 bits per heavy atom. The summed E-state index contributed by atoms with van der Waals surface area (Å²) in [4.78, 5) is 12.5. The van der Waals surface area contributed by atoms with Crippen LogP contribution in [-0.4, -0.2) is 28.6 Å². The molecule has 0 spiro atoms. The smallest absolute Gasteiger partial charge is 0.322 e. The lowest BCUT2D eigenvalue weighted by Crippen LogP contribution is -2.10. The zero-order chi connectivity index (χ0) is 13.5. The van der Waals surface area contributed by atoms with Crippen molar-refractivity contribution in [1.82, 2.24) is 15.0 Å². The zero-order valence-electron chi connectivity index (χ0n) is 11.0. The van der Waals surface area contributed by atoms with Crippen molar-refractivity contribution in [2.24, 2.45) is 0 Å². The third kappa shape index (κ3) is 3.84. The van der Waals surface area contributed by atoms with Crippen molar-refractivity contribution in [2.75, 3.05) is 24.3 Å². The number of anilines is 2. The molecule has 7 nitrogen and oxygen atoms in total. The van der Waals surface area contributed by atoms with Gasteiger partial charge in [-0.15, -0.1) is 0 Å². The second-order valence-electron chi connectivity index (χ2n) is 3.83. The van der Waals surface area contributed by atoms with Crippen LogP contribution in [0.25, 0.3) is 0 Å². The monoisotopic (exact) mass is 263 g/mol. The molecule has 19 heavy (non-hydrogen) atoms. The lowest BCUT2D eigenvalue weighted by molar-refractivity contribution is 0.379. The maximum Gasteiger partial charge on any atom is 0.322 e. The molecule has 0 atom stereocenters. The molecule has 0 aliphatic rings. The number of nitrogens with zero attached hydrogens (tertiary/aromatic N) is 3. The van der Waals surface area contributed by atoms with E-state index >= 15 is 0 Å². The van der Waals surface area contributed by atoms with Gasteiger partial charge in [0.15, 0.2) is 0 Å². The Kier molecular flexibility index (Phi) is 4.54. The van der Waals surface area contributed by atoms with E-state index < -0.39 is 0 Å². The minimum absolute atomic E-state index is 0.274. The summed E-state index contributed by atoms with van der Waals surface area (Å²) >= 11 is 0. The van der Waals surface area contributed by atoms with Gasteiger partial charge in [-0.25, -0.2) is 0 Å². The van der Waals surface area contributed by atoms with Crippen molar-refractivity contribution in [2.45, 2.75) is 19.9 Å². The Labute approximate surface area is 111 Å². The Balaban J connectivity index is 2.05. The first-order valence-corrected chi connectivity index (χ1v) is 6.12. The molecule has 0 saturated carbocycles. The average Bonchev–Trinajstić information content (AvgIpc) is 2.96. The summed E-state index contributed by atoms with van der Waals surface area (Å²) in [6, 6.07) is 3.98. The summed E-state index contributed by atoms with van der Waals surface area (Å²) in [6.07, 6.45) is 2.61. The largest absolute Gasteiger partial charge is 0.467 e. The molecule has 2 heterocycles. The number of hydrogen-bond acceptors (Lipinski definition) is 7. The third-order valence-electron chi connectivity index (χ3n) is 2.33. The fourth-order valence-corrected chi connectivity index (χ4v) is 1.42. The van der Waals surface area contributed by atoms with Gasteiger partial charge in [-0.05, 0) is 18.6 Å². The maximum atomic E-state index is 5.23. The van der Waals surface area contributed by atoms with Gasteiger partial charge in [0.25, 0.3) is 0 Å². The van der Waals surface area contributed by atoms with E-state index in [0.29, 0.717) is 18.4 Å². The molecule has 0 amide bonds. The van der Waals surface area contributed by atoms with Crippen LogP contribution in [0.5, 0.6) is 6.01 Å². The van der Waals surface area contributed by atoms with Crippen molar-refractivity contribution >= 4 is 11.9 Å². The Hall–Kier alpha value is -2.31. The van der Waals surface area contributed by atoms with E-state index in [2.05, 4.69) is 32.5 Å². The minimum atomic E-state index is 0.274. The second kappa shape index (κ2) is 6.58. The summed E-state index contributed by atoms with van der Waals surface area (Å²) in [7, 11) is 1.52. The third-order valence-corrected chi connectivity index (χ3v) is 2.33. The predicted molar refractivity (Wildman–Crippen MR) is 71.2 cm³/mol. The molecular weight excluding hydrogens is 246 g/mol. The van der Waals surface area contributed by atoms with Gasteiger partial charge >= 0.3 is 6.01 Å². The van der Waals surface area contributed by atoms with Gasteiger partial charge in [-0.1, -0.05) is 6.92 Å². The highest BCUT2D eigenvalue weighted by atomic mass is 16.5. The highest BCUT2D eigenvalue weighted by Crippen LogP contribution is 2.12. The maximum absolute atomic E-state index is 5.23. The second-order valence-corrected chi connectivity index (χ2v) is 3.83. The van der Waals surface area contributed by atoms with Gasteiger partial charge in [-0.3, -0.25) is 0 Å². The average molecular weight is 263 g/mol. The standard InChI is InChI=1S/C12H17N5O2/c1-3-6-13-10-15-11(17-12(16-10)18-2)14-8-9-5-4-7-19-9/h4-5,7H,3,6,8H2,1-2H3,(H2,13,14,15,16,17). The van der Waals surface area contributed by atoms with Crippen LogP contribution in [0.1, 0.15) is 19.1 Å². The van der Waals surface area contributed by atoms with E-state index in [1.165, 1.54) is 7.11 Å². The minimum Gasteiger partial charge on any atom is -0.467 e. The summed E-state index contributed by atoms with van der Waals surface area (Å²) in [5.41, 5.74) is 0. The lowest BCUT2D eigenvalue weighted by atomic mass is 10.4. The molecule has 102 valence electrons. The topological polar surface area (TPSA) is 85.1 Å². The van der Waals surface area contributed by atoms with E-state index in [-0.39, 0.29) is 6.01 Å². The van der Waals surface area contributed by atoms with Crippen LogP contribution in [0, 0.1) is 0 Å². The molecule has 0 fully saturated rings. The van der Waals surface area contributed by atoms with Gasteiger partial charge in [0.2, 0.25) is 11.9 Å². The van der Waals surface area contributed by atoms with Crippen LogP contribution >= 0.6 is 0 Å². The molecule has 0 aliphatic carbocycles. The number of methoxy groups -OCH3 is 1. The number of aromatic nitrogens is 3. The molecule has 2 aromatic rings. The van der Waals surface area contributed by atoms with Gasteiger partial charge in [0.1, 0.15) is 5.76 Å². The highest BCUT2D eigenvalue weighted by Gasteiger charge is 2.06. The van der Waals surface area contributed by atoms with Crippen molar-refractivity contribution < 1.29 is 9.15 Å². The molecule has 0 bridgehead atoms. The number of ether oxygens (including phenoxy) is 1. The van der Waals surface area contributed by atoms with Gasteiger partial charge < -0.3 is 19.8 Å². The van der Waals surface area contributed by atoms with Gasteiger partial charge in [-0.2, -0.15) is 15.0 Å². The van der Waals surface area contributed by atoms with Crippen LogP contribution in [0.15, 0.2) is 22.8 Å². The molecule has 0 saturated heterocycles. The zero-order valence-corrected chi connectivity index (χ0v) is 11.0. The predicted octanol–water partition coefficient (Wildman–Crippen LogP) is 1.91. The molecule has 0 radical (unpaired) electrons. The molecule has 0 unspecified atom stereocenters. The lowest BCUT2D eigenvalue weighted by Gasteiger charge is -2.08. The SMILES string of the molecule is CCCNc1nc(NCc2ccco2)nc(OC)n1. The van der Waals surface area contributed by atoms with E-state index in [1.54, 1.807) is 6.26 Å². The first-order chi connectivity index (χ1) is 9.31. The molecule has 7 heteroatoms. The van der Waals surface area contributed by atoms with Gasteiger partial charge in [0, 0.05) is 6.54 Å². The Morgan fingerprint density at radius 2 is 2.00 bits per heavy atom. The van der Waals surface area contributed by atoms with Crippen molar-refractivity contribution in [3.63, 3.8) is 0 Å². The first kappa shape index (κ1) is 13.1. The number of nitrogens with one attached hydrogen (secondary N) is 2. The Morgan fingerprint density at radius 1 is 1.21 bits per heavy atom. The fraction of sp³-hybridized carbons (Fsp3) is 0.417. The van der Waals surface area contributed by atoms with Crippen LogP contribution in [-0.2, 0) is 6.54 Å². The van der Waals surface area contributed by atoms with Crippen LogP contribution in [0.2, 0.25) is 0 Å². The van der Waals surface area contributed by atoms with Crippen molar-refractivity contribution in [3.05, 3.63) is 24.2 Å². The Bertz CT molecular complexity index is 501. The molecule has 2 aromatic heterocycles. The summed E-state index contributed by atoms with van der Waals surface area (Å²) < 4.78 is 10.3.